The molecule has 1 saturated heterocycles. The maximum atomic E-state index is 13.1. The highest BCUT2D eigenvalue weighted by atomic mass is 16.5. The summed E-state index contributed by atoms with van der Waals surface area (Å²) in [4.78, 5) is 17.2. The van der Waals surface area contributed by atoms with Gasteiger partial charge in [0.2, 0.25) is 0 Å². The van der Waals surface area contributed by atoms with E-state index in [1.54, 1.807) is 29.9 Å². The van der Waals surface area contributed by atoms with Gasteiger partial charge in [-0.25, -0.2) is 0 Å². The summed E-state index contributed by atoms with van der Waals surface area (Å²) in [6.45, 7) is 3.50. The number of rotatable bonds is 6. The summed E-state index contributed by atoms with van der Waals surface area (Å²) in [7, 11) is 0. The summed E-state index contributed by atoms with van der Waals surface area (Å²) in [6, 6.07) is 9.05. The van der Waals surface area contributed by atoms with Crippen LogP contribution in [0, 0.1) is 6.92 Å². The maximum absolute atomic E-state index is 13.1. The molecule has 9 heteroatoms. The number of anilines is 1. The third-order valence-electron chi connectivity index (χ3n) is 4.84. The lowest BCUT2D eigenvalue weighted by molar-refractivity contribution is -0.126. The molecule has 1 amide bonds. The Labute approximate surface area is 162 Å². The predicted octanol–water partition coefficient (Wildman–Crippen LogP) is 1.87. The number of aryl methyl sites for hydroxylation is 1. The van der Waals surface area contributed by atoms with Crippen molar-refractivity contribution in [3.05, 3.63) is 54.4 Å². The first-order chi connectivity index (χ1) is 13.7. The molecule has 1 aliphatic heterocycles. The molecule has 1 aromatic carbocycles. The third-order valence-corrected chi connectivity index (χ3v) is 4.84. The molecule has 0 radical (unpaired) electrons. The topological polar surface area (TPSA) is 107 Å². The predicted molar refractivity (Wildman–Crippen MR) is 101 cm³/mol. The maximum Gasteiger partial charge on any atom is 0.264 e. The number of amides is 1. The Hall–Kier alpha value is -3.20. The van der Waals surface area contributed by atoms with E-state index in [9.17, 15) is 4.79 Å². The second-order valence-corrected chi connectivity index (χ2v) is 6.73. The molecule has 2 N–H and O–H groups in total. The number of carbonyl (C=O) groups is 1. The molecular weight excluding hydrogens is 360 g/mol. The average molecular weight is 382 g/mol. The number of piperidine rings is 1. The van der Waals surface area contributed by atoms with Gasteiger partial charge in [-0.05, 0) is 63.2 Å². The van der Waals surface area contributed by atoms with Gasteiger partial charge in [0.25, 0.3) is 11.8 Å². The van der Waals surface area contributed by atoms with E-state index in [4.69, 9.17) is 9.26 Å². The molecule has 146 valence electrons. The van der Waals surface area contributed by atoms with Crippen LogP contribution in [0.1, 0.15) is 24.6 Å². The summed E-state index contributed by atoms with van der Waals surface area (Å²) in [6.07, 6.45) is 4.92. The fraction of sp³-hybridized carbons (Fsp3) is 0.368. The summed E-state index contributed by atoms with van der Waals surface area (Å²) < 4.78 is 12.4. The molecule has 0 bridgehead atoms. The zero-order valence-electron chi connectivity index (χ0n) is 15.6. The minimum atomic E-state index is -0.681. The highest BCUT2D eigenvalue weighted by Crippen LogP contribution is 2.29. The van der Waals surface area contributed by atoms with Gasteiger partial charge in [0, 0.05) is 18.1 Å². The highest BCUT2D eigenvalue weighted by molar-refractivity contribution is 5.96. The van der Waals surface area contributed by atoms with Gasteiger partial charge in [-0.2, -0.15) is 10.1 Å². The van der Waals surface area contributed by atoms with Gasteiger partial charge in [-0.3, -0.25) is 9.48 Å². The number of hydrogen-bond acceptors (Lipinski definition) is 7. The van der Waals surface area contributed by atoms with Crippen molar-refractivity contribution in [3.8, 4) is 5.75 Å². The van der Waals surface area contributed by atoms with Crippen molar-refractivity contribution in [2.24, 2.45) is 0 Å². The fourth-order valence-corrected chi connectivity index (χ4v) is 3.35. The SMILES string of the molecule is Cc1noc(COc2ccc(NC(=O)C3(n4cccn4)CCNCC3)cc2)n1. The van der Waals surface area contributed by atoms with Crippen LogP contribution in [0.2, 0.25) is 0 Å². The first-order valence-electron chi connectivity index (χ1n) is 9.20. The van der Waals surface area contributed by atoms with E-state index in [1.807, 2.05) is 24.4 Å². The van der Waals surface area contributed by atoms with Gasteiger partial charge in [-0.15, -0.1) is 0 Å². The molecule has 0 atom stereocenters. The van der Waals surface area contributed by atoms with E-state index in [0.29, 0.717) is 36.0 Å². The zero-order valence-corrected chi connectivity index (χ0v) is 15.6. The van der Waals surface area contributed by atoms with Crippen LogP contribution in [0.25, 0.3) is 0 Å². The van der Waals surface area contributed by atoms with Gasteiger partial charge in [0.15, 0.2) is 12.4 Å². The molecule has 9 nitrogen and oxygen atoms in total. The first-order valence-corrected chi connectivity index (χ1v) is 9.20. The van der Waals surface area contributed by atoms with Crippen LogP contribution < -0.4 is 15.4 Å². The molecule has 2 aromatic heterocycles. The van der Waals surface area contributed by atoms with E-state index in [0.717, 1.165) is 13.1 Å². The van der Waals surface area contributed by atoms with Crippen LogP contribution in [-0.2, 0) is 16.9 Å². The Bertz CT molecular complexity index is 914. The van der Waals surface area contributed by atoms with Gasteiger partial charge in [-0.1, -0.05) is 5.16 Å². The van der Waals surface area contributed by atoms with Crippen molar-refractivity contribution in [1.82, 2.24) is 25.2 Å². The van der Waals surface area contributed by atoms with Crippen LogP contribution in [0.3, 0.4) is 0 Å². The summed E-state index contributed by atoms with van der Waals surface area (Å²) >= 11 is 0. The smallest absolute Gasteiger partial charge is 0.264 e. The van der Waals surface area contributed by atoms with Crippen LogP contribution in [0.15, 0.2) is 47.2 Å². The molecule has 3 aromatic rings. The quantitative estimate of drug-likeness (QED) is 0.670. The first kappa shape index (κ1) is 18.2. The van der Waals surface area contributed by atoms with Crippen molar-refractivity contribution in [3.63, 3.8) is 0 Å². The number of nitrogens with zero attached hydrogens (tertiary/aromatic N) is 4. The Morgan fingerprint density at radius 1 is 1.32 bits per heavy atom. The average Bonchev–Trinajstić information content (AvgIpc) is 3.40. The Morgan fingerprint density at radius 2 is 2.11 bits per heavy atom. The molecule has 4 rings (SSSR count). The van der Waals surface area contributed by atoms with E-state index in [1.165, 1.54) is 0 Å². The second-order valence-electron chi connectivity index (χ2n) is 6.73. The van der Waals surface area contributed by atoms with Crippen molar-refractivity contribution in [2.45, 2.75) is 31.9 Å². The highest BCUT2D eigenvalue weighted by Gasteiger charge is 2.42. The third kappa shape index (κ3) is 3.74. The van der Waals surface area contributed by atoms with Gasteiger partial charge >= 0.3 is 0 Å². The van der Waals surface area contributed by atoms with Crippen molar-refractivity contribution >= 4 is 11.6 Å². The number of aromatic nitrogens is 4. The monoisotopic (exact) mass is 382 g/mol. The van der Waals surface area contributed by atoms with E-state index in [2.05, 4.69) is 25.9 Å². The number of benzene rings is 1. The lowest BCUT2D eigenvalue weighted by Gasteiger charge is -2.36. The molecule has 0 aliphatic carbocycles. The van der Waals surface area contributed by atoms with E-state index >= 15 is 0 Å². The number of carbonyl (C=O) groups excluding carboxylic acids is 1. The summed E-state index contributed by atoms with van der Waals surface area (Å²) in [5.41, 5.74) is 0.0239. The molecular formula is C19H22N6O3. The number of ether oxygens (including phenoxy) is 1. The van der Waals surface area contributed by atoms with Crippen molar-refractivity contribution in [2.75, 3.05) is 18.4 Å². The Balaban J connectivity index is 1.42. The fourth-order valence-electron chi connectivity index (χ4n) is 3.35. The van der Waals surface area contributed by atoms with Crippen LogP contribution in [0.4, 0.5) is 5.69 Å². The van der Waals surface area contributed by atoms with Crippen LogP contribution in [-0.4, -0.2) is 38.9 Å². The standard InChI is InChI=1S/C19H22N6O3/c1-14-22-17(28-24-14)13-27-16-5-3-15(4-6-16)23-18(26)19(7-10-20-11-8-19)25-12-2-9-21-25/h2-6,9,12,20H,7-8,10-11,13H2,1H3,(H,23,26). The molecule has 0 unspecified atom stereocenters. The summed E-state index contributed by atoms with van der Waals surface area (Å²) in [5.74, 6) is 1.58. The van der Waals surface area contributed by atoms with Gasteiger partial charge < -0.3 is 19.9 Å². The minimum Gasteiger partial charge on any atom is -0.484 e. The van der Waals surface area contributed by atoms with E-state index < -0.39 is 5.54 Å². The van der Waals surface area contributed by atoms with Crippen molar-refractivity contribution in [1.29, 1.82) is 0 Å². The molecule has 3 heterocycles. The molecule has 1 fully saturated rings. The number of hydrogen-bond donors (Lipinski definition) is 2. The van der Waals surface area contributed by atoms with Gasteiger partial charge in [0.1, 0.15) is 11.3 Å². The number of nitrogens with one attached hydrogen (secondary N) is 2. The molecule has 0 saturated carbocycles. The van der Waals surface area contributed by atoms with Crippen LogP contribution >= 0.6 is 0 Å². The Morgan fingerprint density at radius 3 is 2.75 bits per heavy atom. The molecule has 28 heavy (non-hydrogen) atoms. The summed E-state index contributed by atoms with van der Waals surface area (Å²) in [5, 5.41) is 14.4. The normalized spacial score (nSPS) is 15.9. The lowest BCUT2D eigenvalue weighted by Crippen LogP contribution is -2.52. The zero-order chi connectivity index (χ0) is 19.4. The second kappa shape index (κ2) is 7.81. The minimum absolute atomic E-state index is 0.0623. The van der Waals surface area contributed by atoms with Gasteiger partial charge in [0.05, 0.1) is 0 Å². The largest absolute Gasteiger partial charge is 0.484 e. The van der Waals surface area contributed by atoms with E-state index in [-0.39, 0.29) is 12.5 Å². The Kier molecular flexibility index (Phi) is 5.07. The molecule has 1 aliphatic rings. The van der Waals surface area contributed by atoms with Crippen LogP contribution in [0.5, 0.6) is 5.75 Å². The lowest BCUT2D eigenvalue weighted by atomic mass is 9.87. The molecule has 0 spiro atoms. The van der Waals surface area contributed by atoms with Crippen molar-refractivity contribution < 1.29 is 14.1 Å².